The Morgan fingerprint density at radius 1 is 0.571 bits per heavy atom. The number of ketones is 2. The first kappa shape index (κ1) is 20.5. The first-order valence-electron chi connectivity index (χ1n) is 11.0. The molecular formula is C26H32O2. The van der Waals surface area contributed by atoms with E-state index >= 15 is 0 Å². The molecule has 148 valence electrons. The number of carbonyl (C=O) groups excluding carboxylic acids is 2. The molecule has 0 amide bonds. The topological polar surface area (TPSA) is 34.1 Å². The van der Waals surface area contributed by atoms with Gasteiger partial charge in [-0.25, -0.2) is 0 Å². The van der Waals surface area contributed by atoms with Crippen molar-refractivity contribution in [2.75, 3.05) is 0 Å². The summed E-state index contributed by atoms with van der Waals surface area (Å²) in [5.41, 5.74) is 4.84. The van der Waals surface area contributed by atoms with E-state index in [1.165, 1.54) is 49.7 Å². The third-order valence-electron chi connectivity index (χ3n) is 5.84. The third-order valence-corrected chi connectivity index (χ3v) is 5.84. The molecule has 2 aromatic carbocycles. The van der Waals surface area contributed by atoms with E-state index in [-0.39, 0.29) is 11.6 Å². The molecule has 0 spiro atoms. The second-order valence-electron chi connectivity index (χ2n) is 7.99. The molecule has 0 unspecified atom stereocenters. The quantitative estimate of drug-likeness (QED) is 0.369. The molecule has 2 heteroatoms. The van der Waals surface area contributed by atoms with E-state index in [0.717, 1.165) is 25.7 Å². The Bertz CT molecular complexity index is 778. The van der Waals surface area contributed by atoms with Crippen LogP contribution >= 0.6 is 0 Å². The van der Waals surface area contributed by atoms with E-state index in [1.54, 1.807) is 12.1 Å². The zero-order valence-electron chi connectivity index (χ0n) is 17.4. The van der Waals surface area contributed by atoms with Crippen molar-refractivity contribution in [1.29, 1.82) is 0 Å². The molecule has 1 aliphatic rings. The fourth-order valence-electron chi connectivity index (χ4n) is 4.18. The molecule has 0 atom stereocenters. The van der Waals surface area contributed by atoms with Crippen LogP contribution in [0.25, 0.3) is 0 Å². The van der Waals surface area contributed by atoms with Crippen LogP contribution in [0.1, 0.15) is 108 Å². The van der Waals surface area contributed by atoms with Crippen molar-refractivity contribution in [3.8, 4) is 0 Å². The predicted molar refractivity (Wildman–Crippen MR) is 115 cm³/mol. The second kappa shape index (κ2) is 9.82. The molecule has 28 heavy (non-hydrogen) atoms. The van der Waals surface area contributed by atoms with Crippen LogP contribution in [0.4, 0.5) is 0 Å². The van der Waals surface area contributed by atoms with Gasteiger partial charge in [0.15, 0.2) is 11.6 Å². The Kier molecular flexibility index (Phi) is 7.19. The van der Waals surface area contributed by atoms with Gasteiger partial charge in [-0.15, -0.1) is 0 Å². The van der Waals surface area contributed by atoms with Gasteiger partial charge >= 0.3 is 0 Å². The SMILES string of the molecule is CCCCCCc1cc2c(cc1CCCCCC)C(=O)c1ccccc1C2=O. The largest absolute Gasteiger partial charge is 0.289 e. The maximum atomic E-state index is 13.0. The average Bonchev–Trinajstić information content (AvgIpc) is 2.72. The lowest BCUT2D eigenvalue weighted by Gasteiger charge is -2.21. The first-order valence-corrected chi connectivity index (χ1v) is 11.0. The zero-order chi connectivity index (χ0) is 19.9. The molecule has 0 saturated carbocycles. The Balaban J connectivity index is 1.92. The van der Waals surface area contributed by atoms with Crippen molar-refractivity contribution >= 4 is 11.6 Å². The minimum Gasteiger partial charge on any atom is -0.289 e. The lowest BCUT2D eigenvalue weighted by molar-refractivity contribution is 0.0979. The van der Waals surface area contributed by atoms with E-state index < -0.39 is 0 Å². The maximum Gasteiger partial charge on any atom is 0.194 e. The normalized spacial score (nSPS) is 12.8. The molecule has 0 aromatic heterocycles. The van der Waals surface area contributed by atoms with Crippen LogP contribution in [0.3, 0.4) is 0 Å². The summed E-state index contributed by atoms with van der Waals surface area (Å²) < 4.78 is 0. The van der Waals surface area contributed by atoms with Gasteiger partial charge in [0.2, 0.25) is 0 Å². The molecule has 0 fully saturated rings. The monoisotopic (exact) mass is 376 g/mol. The van der Waals surface area contributed by atoms with Crippen molar-refractivity contribution in [3.63, 3.8) is 0 Å². The van der Waals surface area contributed by atoms with Crippen LogP contribution in [0, 0.1) is 0 Å². The molecule has 0 heterocycles. The molecule has 0 bridgehead atoms. The fraction of sp³-hybridized carbons (Fsp3) is 0.462. The Morgan fingerprint density at radius 3 is 1.39 bits per heavy atom. The lowest BCUT2D eigenvalue weighted by atomic mass is 9.81. The van der Waals surface area contributed by atoms with Gasteiger partial charge in [0.05, 0.1) is 0 Å². The molecule has 2 nitrogen and oxygen atoms in total. The van der Waals surface area contributed by atoms with E-state index in [4.69, 9.17) is 0 Å². The third kappa shape index (κ3) is 4.43. The van der Waals surface area contributed by atoms with Crippen molar-refractivity contribution in [2.24, 2.45) is 0 Å². The van der Waals surface area contributed by atoms with Crippen molar-refractivity contribution in [1.82, 2.24) is 0 Å². The number of unbranched alkanes of at least 4 members (excludes halogenated alkanes) is 6. The molecular weight excluding hydrogens is 344 g/mol. The van der Waals surface area contributed by atoms with E-state index in [2.05, 4.69) is 13.8 Å². The number of carbonyl (C=O) groups is 2. The minimum absolute atomic E-state index is 0.00228. The second-order valence-corrected chi connectivity index (χ2v) is 7.99. The van der Waals surface area contributed by atoms with Gasteiger partial charge in [-0.05, 0) is 48.9 Å². The van der Waals surface area contributed by atoms with E-state index in [1.807, 2.05) is 24.3 Å². The Hall–Kier alpha value is -2.22. The molecule has 0 radical (unpaired) electrons. The molecule has 2 aromatic rings. The molecule has 0 aliphatic heterocycles. The van der Waals surface area contributed by atoms with Crippen LogP contribution in [-0.4, -0.2) is 11.6 Å². The summed E-state index contributed by atoms with van der Waals surface area (Å²) in [4.78, 5) is 26.1. The summed E-state index contributed by atoms with van der Waals surface area (Å²) in [6.07, 6.45) is 11.7. The van der Waals surface area contributed by atoms with Gasteiger partial charge in [-0.1, -0.05) is 76.6 Å². The number of hydrogen-bond acceptors (Lipinski definition) is 2. The summed E-state index contributed by atoms with van der Waals surface area (Å²) in [6.45, 7) is 4.44. The first-order chi connectivity index (χ1) is 13.7. The highest BCUT2D eigenvalue weighted by Crippen LogP contribution is 2.31. The average molecular weight is 377 g/mol. The van der Waals surface area contributed by atoms with E-state index in [9.17, 15) is 9.59 Å². The summed E-state index contributed by atoms with van der Waals surface area (Å²) in [6, 6.07) is 11.3. The maximum absolute atomic E-state index is 13.0. The lowest BCUT2D eigenvalue weighted by Crippen LogP contribution is -2.21. The zero-order valence-corrected chi connectivity index (χ0v) is 17.4. The van der Waals surface area contributed by atoms with Crippen LogP contribution in [0.2, 0.25) is 0 Å². The minimum atomic E-state index is -0.00228. The number of hydrogen-bond donors (Lipinski definition) is 0. The van der Waals surface area contributed by atoms with Crippen LogP contribution in [-0.2, 0) is 12.8 Å². The van der Waals surface area contributed by atoms with Gasteiger partial charge in [-0.2, -0.15) is 0 Å². The highest BCUT2D eigenvalue weighted by atomic mass is 16.1. The van der Waals surface area contributed by atoms with E-state index in [0.29, 0.717) is 22.3 Å². The molecule has 1 aliphatic carbocycles. The smallest absolute Gasteiger partial charge is 0.194 e. The van der Waals surface area contributed by atoms with Crippen LogP contribution in [0.5, 0.6) is 0 Å². The van der Waals surface area contributed by atoms with Gasteiger partial charge < -0.3 is 0 Å². The summed E-state index contributed by atoms with van der Waals surface area (Å²) in [7, 11) is 0. The number of aryl methyl sites for hydroxylation is 2. The molecule has 0 N–H and O–H groups in total. The Labute approximate surface area is 169 Å². The van der Waals surface area contributed by atoms with Gasteiger partial charge in [0.25, 0.3) is 0 Å². The number of benzene rings is 2. The van der Waals surface area contributed by atoms with Gasteiger partial charge in [0.1, 0.15) is 0 Å². The van der Waals surface area contributed by atoms with Gasteiger partial charge in [-0.3, -0.25) is 9.59 Å². The van der Waals surface area contributed by atoms with Crippen molar-refractivity contribution in [2.45, 2.75) is 78.1 Å². The van der Waals surface area contributed by atoms with Crippen LogP contribution < -0.4 is 0 Å². The highest BCUT2D eigenvalue weighted by Gasteiger charge is 2.30. The highest BCUT2D eigenvalue weighted by molar-refractivity contribution is 6.28. The van der Waals surface area contributed by atoms with Crippen molar-refractivity contribution in [3.05, 3.63) is 69.8 Å². The standard InChI is InChI=1S/C26H32O2/c1-3-5-7-9-13-19-17-23-24(18-20(19)14-10-8-6-4-2)26(28)22-16-12-11-15-21(22)25(23)27/h11-12,15-18H,3-10,13-14H2,1-2H3. The number of rotatable bonds is 10. The fourth-order valence-corrected chi connectivity index (χ4v) is 4.18. The summed E-state index contributed by atoms with van der Waals surface area (Å²) in [5, 5.41) is 0. The molecule has 0 saturated heterocycles. The summed E-state index contributed by atoms with van der Waals surface area (Å²) >= 11 is 0. The van der Waals surface area contributed by atoms with Crippen molar-refractivity contribution < 1.29 is 9.59 Å². The van der Waals surface area contributed by atoms with Crippen LogP contribution in [0.15, 0.2) is 36.4 Å². The Morgan fingerprint density at radius 2 is 1.00 bits per heavy atom. The predicted octanol–water partition coefficient (Wildman–Crippen LogP) is 6.71. The van der Waals surface area contributed by atoms with Gasteiger partial charge in [0, 0.05) is 22.3 Å². The molecule has 3 rings (SSSR count). The summed E-state index contributed by atoms with van der Waals surface area (Å²) in [5.74, 6) is -0.00455. The number of fused-ring (bicyclic) bond motifs is 2.